The van der Waals surface area contributed by atoms with Gasteiger partial charge in [0.05, 0.1) is 0 Å². The molecular formula is C9H16N2O. The van der Waals surface area contributed by atoms with E-state index < -0.39 is 0 Å². The number of hydrogen-bond donors (Lipinski definition) is 2. The summed E-state index contributed by atoms with van der Waals surface area (Å²) in [6.45, 7) is 1.75. The summed E-state index contributed by atoms with van der Waals surface area (Å²) in [4.78, 5) is 0. The van der Waals surface area contributed by atoms with Crippen LogP contribution in [0.4, 0.5) is 0 Å². The van der Waals surface area contributed by atoms with Gasteiger partial charge < -0.3 is 4.74 Å². The molecule has 2 unspecified atom stereocenters. The Hall–Kier alpha value is -0.560. The largest absolute Gasteiger partial charge is 0.381 e. The third-order valence-electron chi connectivity index (χ3n) is 2.24. The van der Waals surface area contributed by atoms with Gasteiger partial charge in [-0.25, -0.2) is 0 Å². The molecule has 1 aliphatic heterocycles. The first-order valence-electron chi connectivity index (χ1n) is 4.34. The van der Waals surface area contributed by atoms with Gasteiger partial charge in [-0.3, -0.25) is 11.3 Å². The minimum absolute atomic E-state index is 0.252. The van der Waals surface area contributed by atoms with E-state index in [4.69, 9.17) is 17.0 Å². The maximum absolute atomic E-state index is 5.35. The van der Waals surface area contributed by atoms with Crippen molar-refractivity contribution in [1.82, 2.24) is 5.43 Å². The third kappa shape index (κ3) is 2.82. The van der Waals surface area contributed by atoms with E-state index in [1.807, 2.05) is 0 Å². The molecule has 1 heterocycles. The monoisotopic (exact) mass is 168 g/mol. The fourth-order valence-corrected chi connectivity index (χ4v) is 1.52. The van der Waals surface area contributed by atoms with Gasteiger partial charge in [-0.2, -0.15) is 0 Å². The summed E-state index contributed by atoms with van der Waals surface area (Å²) in [7, 11) is 0. The zero-order valence-corrected chi connectivity index (χ0v) is 7.25. The van der Waals surface area contributed by atoms with Gasteiger partial charge in [0, 0.05) is 25.7 Å². The van der Waals surface area contributed by atoms with Crippen LogP contribution in [0.25, 0.3) is 0 Å². The standard InChI is InChI=1S/C9H16N2O/c1-2-3-9(11-10)6-8-4-5-12-7-8/h1,8-9,11H,3-7,10H2. The van der Waals surface area contributed by atoms with Crippen molar-refractivity contribution in [3.8, 4) is 12.3 Å². The van der Waals surface area contributed by atoms with Crippen LogP contribution in [-0.2, 0) is 4.74 Å². The number of rotatable bonds is 4. The Balaban J connectivity index is 2.21. The second-order valence-corrected chi connectivity index (χ2v) is 3.24. The highest BCUT2D eigenvalue weighted by atomic mass is 16.5. The van der Waals surface area contributed by atoms with Gasteiger partial charge in [0.2, 0.25) is 0 Å². The first-order chi connectivity index (χ1) is 5.86. The summed E-state index contributed by atoms with van der Waals surface area (Å²) in [5.41, 5.74) is 2.73. The molecule has 12 heavy (non-hydrogen) atoms. The molecule has 3 N–H and O–H groups in total. The molecule has 0 radical (unpaired) electrons. The van der Waals surface area contributed by atoms with Crippen molar-refractivity contribution < 1.29 is 4.74 Å². The molecule has 3 heteroatoms. The molecule has 0 bridgehead atoms. The number of ether oxygens (including phenoxy) is 1. The molecule has 2 atom stereocenters. The molecule has 3 nitrogen and oxygen atoms in total. The van der Waals surface area contributed by atoms with Crippen LogP contribution in [0.2, 0.25) is 0 Å². The topological polar surface area (TPSA) is 47.3 Å². The Morgan fingerprint density at radius 2 is 2.58 bits per heavy atom. The lowest BCUT2D eigenvalue weighted by Gasteiger charge is -2.16. The Kier molecular flexibility index (Phi) is 4.09. The van der Waals surface area contributed by atoms with E-state index in [2.05, 4.69) is 11.3 Å². The van der Waals surface area contributed by atoms with Crippen molar-refractivity contribution in [1.29, 1.82) is 0 Å². The van der Waals surface area contributed by atoms with Crippen LogP contribution >= 0.6 is 0 Å². The first kappa shape index (κ1) is 9.53. The second-order valence-electron chi connectivity index (χ2n) is 3.24. The van der Waals surface area contributed by atoms with Crippen LogP contribution in [0.15, 0.2) is 0 Å². The Labute approximate surface area is 73.6 Å². The minimum atomic E-state index is 0.252. The molecule has 0 spiro atoms. The molecule has 0 aromatic heterocycles. The van der Waals surface area contributed by atoms with Gasteiger partial charge in [-0.15, -0.1) is 12.3 Å². The Bertz CT molecular complexity index is 158. The van der Waals surface area contributed by atoms with Gasteiger partial charge in [0.25, 0.3) is 0 Å². The average molecular weight is 168 g/mol. The van der Waals surface area contributed by atoms with Crippen molar-refractivity contribution in [2.75, 3.05) is 13.2 Å². The van der Waals surface area contributed by atoms with Crippen LogP contribution in [0.1, 0.15) is 19.3 Å². The predicted octanol–water partition coefficient (Wildman–Crippen LogP) is 0.268. The summed E-state index contributed by atoms with van der Waals surface area (Å²) in [5.74, 6) is 8.60. The number of terminal acetylenes is 1. The molecule has 1 rings (SSSR count). The lowest BCUT2D eigenvalue weighted by atomic mass is 9.98. The minimum Gasteiger partial charge on any atom is -0.381 e. The predicted molar refractivity (Wildman–Crippen MR) is 48.1 cm³/mol. The highest BCUT2D eigenvalue weighted by Crippen LogP contribution is 2.18. The lowest BCUT2D eigenvalue weighted by Crippen LogP contribution is -2.36. The molecule has 1 fully saturated rings. The zero-order valence-electron chi connectivity index (χ0n) is 7.25. The number of hydrazine groups is 1. The smallest absolute Gasteiger partial charge is 0.0495 e. The van der Waals surface area contributed by atoms with E-state index in [1.165, 1.54) is 0 Å². The molecule has 1 saturated heterocycles. The zero-order chi connectivity index (χ0) is 8.81. The van der Waals surface area contributed by atoms with Gasteiger partial charge in [0.1, 0.15) is 0 Å². The SMILES string of the molecule is C#CCC(CC1CCOC1)NN. The van der Waals surface area contributed by atoms with Crippen molar-refractivity contribution in [3.05, 3.63) is 0 Å². The molecular weight excluding hydrogens is 152 g/mol. The van der Waals surface area contributed by atoms with Crippen LogP contribution in [0.5, 0.6) is 0 Å². The van der Waals surface area contributed by atoms with E-state index in [-0.39, 0.29) is 6.04 Å². The van der Waals surface area contributed by atoms with Crippen molar-refractivity contribution >= 4 is 0 Å². The van der Waals surface area contributed by atoms with Gasteiger partial charge in [0.15, 0.2) is 0 Å². The van der Waals surface area contributed by atoms with E-state index in [0.29, 0.717) is 12.3 Å². The molecule has 0 saturated carbocycles. The summed E-state index contributed by atoms with van der Waals surface area (Å²) in [5, 5.41) is 0. The van der Waals surface area contributed by atoms with Crippen LogP contribution in [0, 0.1) is 18.3 Å². The molecule has 0 aromatic carbocycles. The molecule has 0 aromatic rings. The van der Waals surface area contributed by atoms with E-state index in [9.17, 15) is 0 Å². The van der Waals surface area contributed by atoms with Crippen molar-refractivity contribution in [3.63, 3.8) is 0 Å². The van der Waals surface area contributed by atoms with Gasteiger partial charge in [-0.05, 0) is 18.8 Å². The molecule has 68 valence electrons. The van der Waals surface area contributed by atoms with Gasteiger partial charge >= 0.3 is 0 Å². The van der Waals surface area contributed by atoms with Crippen molar-refractivity contribution in [2.45, 2.75) is 25.3 Å². The van der Waals surface area contributed by atoms with Crippen LogP contribution in [-0.4, -0.2) is 19.3 Å². The lowest BCUT2D eigenvalue weighted by molar-refractivity contribution is 0.181. The average Bonchev–Trinajstić information content (AvgIpc) is 2.56. The summed E-state index contributed by atoms with van der Waals surface area (Å²) in [6, 6.07) is 0.252. The third-order valence-corrected chi connectivity index (χ3v) is 2.24. The molecule has 1 aliphatic rings. The maximum Gasteiger partial charge on any atom is 0.0495 e. The first-order valence-corrected chi connectivity index (χ1v) is 4.34. The number of hydrogen-bond acceptors (Lipinski definition) is 3. The highest BCUT2D eigenvalue weighted by molar-refractivity contribution is 4.90. The van der Waals surface area contributed by atoms with E-state index in [1.54, 1.807) is 0 Å². The fraction of sp³-hybridized carbons (Fsp3) is 0.778. The van der Waals surface area contributed by atoms with Crippen LogP contribution in [0.3, 0.4) is 0 Å². The highest BCUT2D eigenvalue weighted by Gasteiger charge is 2.19. The summed E-state index contributed by atoms with van der Waals surface area (Å²) >= 11 is 0. The number of nitrogens with one attached hydrogen (secondary N) is 1. The van der Waals surface area contributed by atoms with E-state index >= 15 is 0 Å². The Morgan fingerprint density at radius 1 is 1.75 bits per heavy atom. The summed E-state index contributed by atoms with van der Waals surface area (Å²) in [6.07, 6.45) is 8.07. The normalized spacial score (nSPS) is 25.2. The maximum atomic E-state index is 5.35. The van der Waals surface area contributed by atoms with Gasteiger partial charge in [-0.1, -0.05) is 0 Å². The second kappa shape index (κ2) is 5.15. The van der Waals surface area contributed by atoms with Crippen LogP contribution < -0.4 is 11.3 Å². The molecule has 0 amide bonds. The Morgan fingerprint density at radius 3 is 3.08 bits per heavy atom. The van der Waals surface area contributed by atoms with E-state index in [0.717, 1.165) is 26.1 Å². The summed E-state index contributed by atoms with van der Waals surface area (Å²) < 4.78 is 5.26. The molecule has 0 aliphatic carbocycles. The van der Waals surface area contributed by atoms with Crippen molar-refractivity contribution in [2.24, 2.45) is 11.8 Å². The fourth-order valence-electron chi connectivity index (χ4n) is 1.52. The number of nitrogens with two attached hydrogens (primary N) is 1. The quantitative estimate of drug-likeness (QED) is 0.360.